The molecule has 1 aromatic heterocycles. The van der Waals surface area contributed by atoms with E-state index in [0.29, 0.717) is 32.2 Å². The highest BCUT2D eigenvalue weighted by Gasteiger charge is 2.37. The first kappa shape index (κ1) is 17.9. The van der Waals surface area contributed by atoms with Crippen molar-refractivity contribution in [3.05, 3.63) is 17.5 Å². The Balaban J connectivity index is 1.90. The SMILES string of the molecule is Cn1cc(CNCC2(F)CCC(C(=O)O)CC2)c(C(C)(C)C)n1. The molecule has 0 unspecified atom stereocenters. The summed E-state index contributed by atoms with van der Waals surface area (Å²) >= 11 is 0. The molecule has 2 rings (SSSR count). The second-order valence-corrected chi connectivity index (χ2v) is 7.79. The van der Waals surface area contributed by atoms with E-state index in [0.717, 1.165) is 11.3 Å². The summed E-state index contributed by atoms with van der Waals surface area (Å²) in [4.78, 5) is 11.0. The number of alkyl halides is 1. The third kappa shape index (κ3) is 4.53. The van der Waals surface area contributed by atoms with Gasteiger partial charge >= 0.3 is 5.97 Å². The zero-order chi connectivity index (χ0) is 17.3. The number of rotatable bonds is 5. The molecule has 0 saturated heterocycles. The maximum Gasteiger partial charge on any atom is 0.306 e. The molecule has 0 atom stereocenters. The average molecular weight is 325 g/mol. The molecule has 1 heterocycles. The number of hydrogen-bond acceptors (Lipinski definition) is 3. The minimum atomic E-state index is -1.30. The third-order valence-electron chi connectivity index (χ3n) is 4.60. The number of aliphatic carboxylic acids is 1. The molecule has 6 heteroatoms. The second-order valence-electron chi connectivity index (χ2n) is 7.79. The summed E-state index contributed by atoms with van der Waals surface area (Å²) in [5.74, 6) is -1.19. The van der Waals surface area contributed by atoms with Crippen molar-refractivity contribution in [3.63, 3.8) is 0 Å². The second kappa shape index (κ2) is 6.59. The molecule has 1 aliphatic carbocycles. The smallest absolute Gasteiger partial charge is 0.306 e. The van der Waals surface area contributed by atoms with Gasteiger partial charge in [-0.25, -0.2) is 4.39 Å². The van der Waals surface area contributed by atoms with Crippen molar-refractivity contribution < 1.29 is 14.3 Å². The van der Waals surface area contributed by atoms with E-state index in [1.807, 2.05) is 13.2 Å². The zero-order valence-corrected chi connectivity index (χ0v) is 14.5. The summed E-state index contributed by atoms with van der Waals surface area (Å²) in [7, 11) is 1.89. The van der Waals surface area contributed by atoms with Crippen LogP contribution in [-0.2, 0) is 23.8 Å². The molecule has 0 aromatic carbocycles. The number of nitrogens with zero attached hydrogens (tertiary/aromatic N) is 2. The zero-order valence-electron chi connectivity index (χ0n) is 14.5. The lowest BCUT2D eigenvalue weighted by atomic mass is 9.80. The van der Waals surface area contributed by atoms with Gasteiger partial charge in [0.15, 0.2) is 0 Å². The number of carbonyl (C=O) groups is 1. The fourth-order valence-electron chi connectivity index (χ4n) is 3.28. The van der Waals surface area contributed by atoms with Gasteiger partial charge in [-0.1, -0.05) is 20.8 Å². The van der Waals surface area contributed by atoms with Gasteiger partial charge in [0, 0.05) is 37.3 Å². The minimum Gasteiger partial charge on any atom is -0.481 e. The fourth-order valence-corrected chi connectivity index (χ4v) is 3.28. The van der Waals surface area contributed by atoms with Crippen molar-refractivity contribution in [2.24, 2.45) is 13.0 Å². The van der Waals surface area contributed by atoms with Crippen LogP contribution in [0.3, 0.4) is 0 Å². The molecule has 0 amide bonds. The molecule has 0 aliphatic heterocycles. The lowest BCUT2D eigenvalue weighted by Crippen LogP contribution is -2.41. The predicted molar refractivity (Wildman–Crippen MR) is 87.0 cm³/mol. The molecule has 1 fully saturated rings. The molecule has 2 N–H and O–H groups in total. The minimum absolute atomic E-state index is 0.0504. The molecule has 23 heavy (non-hydrogen) atoms. The first-order chi connectivity index (χ1) is 10.6. The lowest BCUT2D eigenvalue weighted by Gasteiger charge is -2.32. The Bertz CT molecular complexity index is 555. The van der Waals surface area contributed by atoms with E-state index in [1.54, 1.807) is 4.68 Å². The monoisotopic (exact) mass is 325 g/mol. The summed E-state index contributed by atoms with van der Waals surface area (Å²) in [5.41, 5.74) is 0.763. The molecule has 5 nitrogen and oxygen atoms in total. The number of carboxylic acid groups (broad SMARTS) is 1. The molecule has 1 saturated carbocycles. The van der Waals surface area contributed by atoms with Crippen molar-refractivity contribution in [2.75, 3.05) is 6.54 Å². The van der Waals surface area contributed by atoms with Gasteiger partial charge in [0.2, 0.25) is 0 Å². The van der Waals surface area contributed by atoms with E-state index < -0.39 is 11.6 Å². The molecule has 130 valence electrons. The van der Waals surface area contributed by atoms with Crippen LogP contribution in [0.5, 0.6) is 0 Å². The first-order valence-electron chi connectivity index (χ1n) is 8.26. The van der Waals surface area contributed by atoms with Crippen molar-refractivity contribution >= 4 is 5.97 Å². The average Bonchev–Trinajstić information content (AvgIpc) is 2.80. The van der Waals surface area contributed by atoms with E-state index in [2.05, 4.69) is 31.2 Å². The summed E-state index contributed by atoms with van der Waals surface area (Å²) in [6.45, 7) is 7.18. The Morgan fingerprint density at radius 2 is 2.09 bits per heavy atom. The molecule has 0 radical (unpaired) electrons. The van der Waals surface area contributed by atoms with Crippen LogP contribution < -0.4 is 5.32 Å². The summed E-state index contributed by atoms with van der Waals surface area (Å²) in [5, 5.41) is 16.7. The molecular formula is C17H28FN3O2. The highest BCUT2D eigenvalue weighted by Crippen LogP contribution is 2.35. The number of aromatic nitrogens is 2. The standard InChI is InChI=1S/C17H28FN3O2/c1-16(2,3)14-13(10-21(4)20-14)9-19-11-17(18)7-5-12(6-8-17)15(22)23/h10,12,19H,5-9,11H2,1-4H3,(H,22,23). The maximum absolute atomic E-state index is 14.8. The Kier molecular flexibility index (Phi) is 5.14. The number of hydrogen-bond donors (Lipinski definition) is 2. The number of aryl methyl sites for hydroxylation is 1. The molecule has 1 aromatic rings. The van der Waals surface area contributed by atoms with E-state index >= 15 is 0 Å². The number of nitrogens with one attached hydrogen (secondary N) is 1. The van der Waals surface area contributed by atoms with Gasteiger partial charge in [0.25, 0.3) is 0 Å². The van der Waals surface area contributed by atoms with E-state index in [9.17, 15) is 9.18 Å². The summed E-state index contributed by atoms with van der Waals surface area (Å²) < 4.78 is 16.6. The van der Waals surface area contributed by atoms with E-state index in [1.165, 1.54) is 0 Å². The van der Waals surface area contributed by atoms with Gasteiger partial charge in [-0.3, -0.25) is 9.48 Å². The quantitative estimate of drug-likeness (QED) is 0.873. The number of halogens is 1. The van der Waals surface area contributed by atoms with Crippen LogP contribution in [0.1, 0.15) is 57.7 Å². The Morgan fingerprint density at radius 1 is 1.48 bits per heavy atom. The topological polar surface area (TPSA) is 67.2 Å². The van der Waals surface area contributed by atoms with Crippen molar-refractivity contribution in [1.29, 1.82) is 0 Å². The maximum atomic E-state index is 14.8. The molecule has 1 aliphatic rings. The predicted octanol–water partition coefficient (Wildman–Crippen LogP) is 2.79. The summed E-state index contributed by atoms with van der Waals surface area (Å²) in [6.07, 6.45) is 3.45. The van der Waals surface area contributed by atoms with E-state index in [4.69, 9.17) is 5.11 Å². The van der Waals surface area contributed by atoms with Crippen molar-refractivity contribution in [2.45, 2.75) is 64.1 Å². The van der Waals surface area contributed by atoms with Gasteiger partial charge in [-0.15, -0.1) is 0 Å². The Morgan fingerprint density at radius 3 is 2.61 bits per heavy atom. The first-order valence-corrected chi connectivity index (χ1v) is 8.26. The van der Waals surface area contributed by atoms with Gasteiger partial charge in [0.05, 0.1) is 11.6 Å². The Labute approximate surface area is 137 Å². The van der Waals surface area contributed by atoms with Crippen LogP contribution in [0.25, 0.3) is 0 Å². The van der Waals surface area contributed by atoms with Crippen LogP contribution in [0, 0.1) is 5.92 Å². The van der Waals surface area contributed by atoms with E-state index in [-0.39, 0.29) is 17.9 Å². The van der Waals surface area contributed by atoms with Crippen molar-refractivity contribution in [3.8, 4) is 0 Å². The molecule has 0 spiro atoms. The van der Waals surface area contributed by atoms with Crippen LogP contribution in [0.15, 0.2) is 6.20 Å². The van der Waals surface area contributed by atoms with Gasteiger partial charge in [-0.2, -0.15) is 5.10 Å². The third-order valence-corrected chi connectivity index (χ3v) is 4.60. The van der Waals surface area contributed by atoms with Crippen LogP contribution >= 0.6 is 0 Å². The summed E-state index contributed by atoms with van der Waals surface area (Å²) in [6, 6.07) is 0. The fraction of sp³-hybridized carbons (Fsp3) is 0.765. The Hall–Kier alpha value is -1.43. The largest absolute Gasteiger partial charge is 0.481 e. The highest BCUT2D eigenvalue weighted by atomic mass is 19.1. The molecular weight excluding hydrogens is 297 g/mol. The normalized spacial score (nSPS) is 25.5. The van der Waals surface area contributed by atoms with Crippen LogP contribution in [0.4, 0.5) is 4.39 Å². The van der Waals surface area contributed by atoms with Crippen molar-refractivity contribution in [1.82, 2.24) is 15.1 Å². The lowest BCUT2D eigenvalue weighted by molar-refractivity contribution is -0.143. The highest BCUT2D eigenvalue weighted by molar-refractivity contribution is 5.70. The van der Waals surface area contributed by atoms with Gasteiger partial charge in [0.1, 0.15) is 5.67 Å². The van der Waals surface area contributed by atoms with Gasteiger partial charge < -0.3 is 10.4 Å². The van der Waals surface area contributed by atoms with Crippen LogP contribution in [-0.4, -0.2) is 33.1 Å². The molecule has 0 bridgehead atoms. The number of carboxylic acids is 1. The van der Waals surface area contributed by atoms with Gasteiger partial charge in [-0.05, 0) is 25.7 Å². The van der Waals surface area contributed by atoms with Crippen LogP contribution in [0.2, 0.25) is 0 Å².